The van der Waals surface area contributed by atoms with Crippen molar-refractivity contribution < 1.29 is 14.2 Å². The predicted octanol–water partition coefficient (Wildman–Crippen LogP) is 4.88. The first-order valence-corrected chi connectivity index (χ1v) is 12.9. The molecule has 1 unspecified atom stereocenters. The van der Waals surface area contributed by atoms with Crippen LogP contribution in [-0.4, -0.2) is 29.3 Å². The van der Waals surface area contributed by atoms with E-state index in [-0.39, 0.29) is 5.82 Å². The first-order chi connectivity index (χ1) is 12.8. The molecule has 1 N–H and O–H groups in total. The van der Waals surface area contributed by atoms with Gasteiger partial charge in [0.1, 0.15) is 24.5 Å². The molecule has 144 valence electrons. The van der Waals surface area contributed by atoms with Crippen molar-refractivity contribution in [1.82, 2.24) is 9.55 Å². The maximum atomic E-state index is 14.2. The molecule has 0 aliphatic heterocycles. The second-order valence-corrected chi connectivity index (χ2v) is 13.8. The highest BCUT2D eigenvalue weighted by molar-refractivity contribution is 6.76. The number of aryl methyl sites for hydroxylation is 1. The van der Waals surface area contributed by atoms with Crippen molar-refractivity contribution in [3.05, 3.63) is 65.5 Å². The van der Waals surface area contributed by atoms with Gasteiger partial charge in [0.25, 0.3) is 0 Å². The van der Waals surface area contributed by atoms with Gasteiger partial charge in [-0.15, -0.1) is 0 Å². The third-order valence-electron chi connectivity index (χ3n) is 4.74. The second-order valence-electron chi connectivity index (χ2n) is 8.14. The Morgan fingerprint density at radius 3 is 2.74 bits per heavy atom. The van der Waals surface area contributed by atoms with E-state index in [0.717, 1.165) is 17.0 Å². The number of nitrogens with zero attached hydrogens (tertiary/aromatic N) is 2. The Kier molecular flexibility index (Phi) is 5.79. The molecule has 1 heterocycles. The number of benzene rings is 2. The van der Waals surface area contributed by atoms with Gasteiger partial charge >= 0.3 is 0 Å². The van der Waals surface area contributed by atoms with E-state index < -0.39 is 14.2 Å². The molecular formula is C21H27FN2O2Si. The first kappa shape index (κ1) is 19.7. The van der Waals surface area contributed by atoms with Crippen LogP contribution in [0.3, 0.4) is 0 Å². The molecule has 0 radical (unpaired) electrons. The molecule has 0 aliphatic carbocycles. The third-order valence-corrected chi connectivity index (χ3v) is 6.45. The lowest BCUT2D eigenvalue weighted by Crippen LogP contribution is -2.22. The minimum atomic E-state index is -1.14. The number of rotatable bonds is 7. The minimum Gasteiger partial charge on any atom is -0.380 e. The van der Waals surface area contributed by atoms with E-state index in [1.54, 1.807) is 24.5 Å². The largest absolute Gasteiger partial charge is 0.380 e. The molecule has 0 fully saturated rings. The van der Waals surface area contributed by atoms with Crippen molar-refractivity contribution in [3.63, 3.8) is 0 Å². The van der Waals surface area contributed by atoms with Crippen molar-refractivity contribution in [2.75, 3.05) is 6.61 Å². The van der Waals surface area contributed by atoms with Crippen LogP contribution in [0.25, 0.3) is 10.8 Å². The predicted molar refractivity (Wildman–Crippen MR) is 109 cm³/mol. The van der Waals surface area contributed by atoms with Gasteiger partial charge in [0.05, 0.1) is 0 Å². The standard InChI is InChI=1S/C21H27FN2O2Si/c1-15-6-5-7-16-18(22)9-8-17(19(15)16)20(25)21-23-10-11-24(21)14-26-12-13-27(2,3)4/h5-11,20,25H,12-14H2,1-4H3. The molecule has 0 aliphatic rings. The van der Waals surface area contributed by atoms with E-state index in [0.29, 0.717) is 30.1 Å². The van der Waals surface area contributed by atoms with Crippen LogP contribution in [0.2, 0.25) is 25.7 Å². The number of halogens is 1. The van der Waals surface area contributed by atoms with Crippen molar-refractivity contribution >= 4 is 18.8 Å². The van der Waals surface area contributed by atoms with E-state index in [9.17, 15) is 9.50 Å². The molecule has 3 aromatic rings. The van der Waals surface area contributed by atoms with Crippen LogP contribution in [0.1, 0.15) is 23.1 Å². The Morgan fingerprint density at radius 1 is 1.22 bits per heavy atom. The fraction of sp³-hybridized carbons (Fsp3) is 0.381. The highest BCUT2D eigenvalue weighted by Crippen LogP contribution is 2.32. The monoisotopic (exact) mass is 386 g/mol. The van der Waals surface area contributed by atoms with Gasteiger partial charge in [-0.3, -0.25) is 0 Å². The van der Waals surface area contributed by atoms with Crippen LogP contribution in [0.15, 0.2) is 42.7 Å². The zero-order valence-electron chi connectivity index (χ0n) is 16.4. The maximum absolute atomic E-state index is 14.2. The van der Waals surface area contributed by atoms with Crippen LogP contribution in [0.4, 0.5) is 4.39 Å². The normalized spacial score (nSPS) is 13.3. The number of aliphatic hydroxyl groups excluding tert-OH is 1. The molecule has 1 aromatic heterocycles. The Morgan fingerprint density at radius 2 is 2.00 bits per heavy atom. The summed E-state index contributed by atoms with van der Waals surface area (Å²) in [7, 11) is -1.14. The van der Waals surface area contributed by atoms with E-state index in [1.807, 2.05) is 23.6 Å². The van der Waals surface area contributed by atoms with Crippen LogP contribution >= 0.6 is 0 Å². The summed E-state index contributed by atoms with van der Waals surface area (Å²) < 4.78 is 21.8. The van der Waals surface area contributed by atoms with Crippen molar-refractivity contribution in [1.29, 1.82) is 0 Å². The number of hydrogen-bond donors (Lipinski definition) is 1. The lowest BCUT2D eigenvalue weighted by molar-refractivity contribution is 0.0787. The minimum absolute atomic E-state index is 0.289. The van der Waals surface area contributed by atoms with E-state index in [2.05, 4.69) is 24.6 Å². The van der Waals surface area contributed by atoms with Crippen LogP contribution in [0, 0.1) is 12.7 Å². The molecule has 0 saturated heterocycles. The fourth-order valence-corrected chi connectivity index (χ4v) is 3.93. The maximum Gasteiger partial charge on any atom is 0.144 e. The van der Waals surface area contributed by atoms with E-state index in [1.165, 1.54) is 6.07 Å². The van der Waals surface area contributed by atoms with Crippen molar-refractivity contribution in [3.8, 4) is 0 Å². The molecule has 1 atom stereocenters. The molecule has 2 aromatic carbocycles. The molecule has 4 nitrogen and oxygen atoms in total. The molecule has 0 bridgehead atoms. The van der Waals surface area contributed by atoms with Crippen molar-refractivity contribution in [2.45, 2.75) is 45.4 Å². The molecule has 27 heavy (non-hydrogen) atoms. The summed E-state index contributed by atoms with van der Waals surface area (Å²) in [5, 5.41) is 12.3. The second kappa shape index (κ2) is 7.92. The van der Waals surface area contributed by atoms with Crippen LogP contribution in [0.5, 0.6) is 0 Å². The summed E-state index contributed by atoms with van der Waals surface area (Å²) in [6, 6.07) is 9.61. The number of hydrogen-bond acceptors (Lipinski definition) is 3. The van der Waals surface area contributed by atoms with Crippen molar-refractivity contribution in [2.24, 2.45) is 0 Å². The summed E-state index contributed by atoms with van der Waals surface area (Å²) in [5.41, 5.74) is 1.57. The highest BCUT2D eigenvalue weighted by atomic mass is 28.3. The quantitative estimate of drug-likeness (QED) is 0.465. The number of aromatic nitrogens is 2. The lowest BCUT2D eigenvalue weighted by Gasteiger charge is -2.18. The summed E-state index contributed by atoms with van der Waals surface area (Å²) in [6.07, 6.45) is 2.50. The number of aliphatic hydroxyl groups is 1. The van der Waals surface area contributed by atoms with E-state index in [4.69, 9.17) is 4.74 Å². The van der Waals surface area contributed by atoms with Gasteiger partial charge in [-0.2, -0.15) is 0 Å². The smallest absolute Gasteiger partial charge is 0.144 e. The van der Waals surface area contributed by atoms with Gasteiger partial charge in [-0.25, -0.2) is 9.37 Å². The van der Waals surface area contributed by atoms with E-state index >= 15 is 0 Å². The highest BCUT2D eigenvalue weighted by Gasteiger charge is 2.21. The summed E-state index contributed by atoms with van der Waals surface area (Å²) >= 11 is 0. The van der Waals surface area contributed by atoms with Gasteiger partial charge in [-0.1, -0.05) is 43.9 Å². The molecule has 6 heteroatoms. The number of imidazole rings is 1. The average Bonchev–Trinajstić information content (AvgIpc) is 3.07. The van der Waals surface area contributed by atoms with Crippen LogP contribution < -0.4 is 0 Å². The first-order valence-electron chi connectivity index (χ1n) is 9.22. The number of fused-ring (bicyclic) bond motifs is 1. The van der Waals surface area contributed by atoms with Gasteiger partial charge in [-0.05, 0) is 35.5 Å². The average molecular weight is 387 g/mol. The molecule has 0 spiro atoms. The zero-order chi connectivity index (χ0) is 19.6. The van der Waals surface area contributed by atoms with Crippen LogP contribution in [-0.2, 0) is 11.5 Å². The zero-order valence-corrected chi connectivity index (χ0v) is 17.4. The Balaban J connectivity index is 1.86. The summed E-state index contributed by atoms with van der Waals surface area (Å²) in [6.45, 7) is 9.89. The number of ether oxygens (including phenoxy) is 1. The third kappa shape index (κ3) is 4.46. The van der Waals surface area contributed by atoms with Gasteiger partial charge in [0, 0.05) is 32.5 Å². The molecular weight excluding hydrogens is 359 g/mol. The summed E-state index contributed by atoms with van der Waals surface area (Å²) in [5.74, 6) is 0.210. The topological polar surface area (TPSA) is 47.3 Å². The fourth-order valence-electron chi connectivity index (χ4n) is 3.17. The van der Waals surface area contributed by atoms with Gasteiger partial charge in [0.2, 0.25) is 0 Å². The Hall–Kier alpha value is -2.02. The lowest BCUT2D eigenvalue weighted by atomic mass is 9.96. The van der Waals surface area contributed by atoms with Gasteiger partial charge < -0.3 is 14.4 Å². The Labute approximate surface area is 160 Å². The molecule has 0 amide bonds. The SMILES string of the molecule is Cc1cccc2c(F)ccc(C(O)c3nccn3COCC[Si](C)(C)C)c12. The van der Waals surface area contributed by atoms with Gasteiger partial charge in [0.15, 0.2) is 0 Å². The Bertz CT molecular complexity index is 934. The molecule has 0 saturated carbocycles. The molecule has 3 rings (SSSR count). The summed E-state index contributed by atoms with van der Waals surface area (Å²) in [4.78, 5) is 4.33.